The van der Waals surface area contributed by atoms with Crippen LogP contribution in [0.3, 0.4) is 0 Å². The van der Waals surface area contributed by atoms with Gasteiger partial charge in [-0.2, -0.15) is 0 Å². The van der Waals surface area contributed by atoms with E-state index in [1.165, 1.54) is 6.42 Å². The summed E-state index contributed by atoms with van der Waals surface area (Å²) in [5, 5.41) is 0. The van der Waals surface area contributed by atoms with Crippen molar-refractivity contribution in [3.63, 3.8) is 0 Å². The number of aromatic nitrogens is 1. The third kappa shape index (κ3) is 2.51. The summed E-state index contributed by atoms with van der Waals surface area (Å²) in [5.41, 5.74) is 0.661. The van der Waals surface area contributed by atoms with Crippen LogP contribution in [0.2, 0.25) is 0 Å². The Morgan fingerprint density at radius 2 is 2.29 bits per heavy atom. The largest absolute Gasteiger partial charge is 0.336 e. The summed E-state index contributed by atoms with van der Waals surface area (Å²) in [6, 6.07) is 3.94. The molecule has 1 aliphatic rings. The van der Waals surface area contributed by atoms with Crippen LogP contribution in [0.5, 0.6) is 0 Å². The SMILES string of the molecule is CC1CCCN(C(=O)c2cccnc2Br)C1C. The minimum Gasteiger partial charge on any atom is -0.336 e. The van der Waals surface area contributed by atoms with Gasteiger partial charge in [-0.3, -0.25) is 4.79 Å². The van der Waals surface area contributed by atoms with Gasteiger partial charge in [0.15, 0.2) is 0 Å². The maximum absolute atomic E-state index is 12.4. The van der Waals surface area contributed by atoms with Crippen molar-refractivity contribution in [2.24, 2.45) is 5.92 Å². The molecule has 0 aromatic carbocycles. The molecule has 0 N–H and O–H groups in total. The molecule has 92 valence electrons. The number of rotatable bonds is 1. The third-order valence-corrected chi connectivity index (χ3v) is 4.26. The predicted octanol–water partition coefficient (Wildman–Crippen LogP) is 3.10. The molecule has 3 nitrogen and oxygen atoms in total. The van der Waals surface area contributed by atoms with Crippen LogP contribution < -0.4 is 0 Å². The first-order valence-corrected chi connectivity index (χ1v) is 6.82. The standard InChI is InChI=1S/C13H17BrN2O/c1-9-5-4-8-16(10(9)2)13(17)11-6-3-7-15-12(11)14/h3,6-7,9-10H,4-5,8H2,1-2H3. The van der Waals surface area contributed by atoms with Crippen molar-refractivity contribution in [2.45, 2.75) is 32.7 Å². The van der Waals surface area contributed by atoms with E-state index in [2.05, 4.69) is 34.8 Å². The van der Waals surface area contributed by atoms with E-state index >= 15 is 0 Å². The summed E-state index contributed by atoms with van der Waals surface area (Å²) in [5.74, 6) is 0.659. The molecule has 1 saturated heterocycles. The van der Waals surface area contributed by atoms with Crippen LogP contribution >= 0.6 is 15.9 Å². The highest BCUT2D eigenvalue weighted by atomic mass is 79.9. The number of amides is 1. The number of piperidine rings is 1. The molecule has 0 bridgehead atoms. The van der Waals surface area contributed by atoms with Crippen LogP contribution in [0.15, 0.2) is 22.9 Å². The number of halogens is 1. The molecule has 1 amide bonds. The molecular formula is C13H17BrN2O. The monoisotopic (exact) mass is 296 g/mol. The van der Waals surface area contributed by atoms with Gasteiger partial charge in [-0.05, 0) is 53.7 Å². The Kier molecular flexibility index (Phi) is 3.82. The lowest BCUT2D eigenvalue weighted by Gasteiger charge is -2.38. The first-order chi connectivity index (χ1) is 8.11. The van der Waals surface area contributed by atoms with Gasteiger partial charge in [0.05, 0.1) is 5.56 Å². The fourth-order valence-corrected chi connectivity index (χ4v) is 2.74. The van der Waals surface area contributed by atoms with Crippen LogP contribution in [-0.4, -0.2) is 28.4 Å². The first-order valence-electron chi connectivity index (χ1n) is 6.02. The summed E-state index contributed by atoms with van der Waals surface area (Å²) >= 11 is 3.34. The van der Waals surface area contributed by atoms with E-state index in [1.807, 2.05) is 11.0 Å². The topological polar surface area (TPSA) is 33.2 Å². The second kappa shape index (κ2) is 5.17. The second-order valence-corrected chi connectivity index (χ2v) is 5.45. The minimum atomic E-state index is 0.0871. The van der Waals surface area contributed by atoms with Crippen molar-refractivity contribution in [3.8, 4) is 0 Å². The Morgan fingerprint density at radius 3 is 3.00 bits per heavy atom. The van der Waals surface area contributed by atoms with E-state index in [1.54, 1.807) is 12.3 Å². The number of hydrogen-bond donors (Lipinski definition) is 0. The summed E-state index contributed by atoms with van der Waals surface area (Å²) in [6.07, 6.45) is 3.98. The predicted molar refractivity (Wildman–Crippen MR) is 70.8 cm³/mol. The zero-order chi connectivity index (χ0) is 12.4. The number of carbonyl (C=O) groups excluding carboxylic acids is 1. The quantitative estimate of drug-likeness (QED) is 0.746. The van der Waals surface area contributed by atoms with Crippen LogP contribution in [0, 0.1) is 5.92 Å². The molecule has 2 unspecified atom stereocenters. The van der Waals surface area contributed by atoms with Gasteiger partial charge < -0.3 is 4.90 Å². The van der Waals surface area contributed by atoms with Gasteiger partial charge in [0, 0.05) is 18.8 Å². The maximum atomic E-state index is 12.4. The van der Waals surface area contributed by atoms with E-state index in [4.69, 9.17) is 0 Å². The van der Waals surface area contributed by atoms with Crippen molar-refractivity contribution < 1.29 is 4.79 Å². The third-order valence-electron chi connectivity index (χ3n) is 3.62. The molecule has 0 saturated carbocycles. The van der Waals surface area contributed by atoms with E-state index in [0.717, 1.165) is 13.0 Å². The van der Waals surface area contributed by atoms with E-state index < -0.39 is 0 Å². The summed E-state index contributed by atoms with van der Waals surface area (Å²) in [6.45, 7) is 5.19. The summed E-state index contributed by atoms with van der Waals surface area (Å²) in [4.78, 5) is 18.5. The van der Waals surface area contributed by atoms with Gasteiger partial charge in [-0.25, -0.2) is 4.98 Å². The van der Waals surface area contributed by atoms with Gasteiger partial charge in [-0.15, -0.1) is 0 Å². The molecule has 1 fully saturated rings. The lowest BCUT2D eigenvalue weighted by molar-refractivity contribution is 0.0549. The summed E-state index contributed by atoms with van der Waals surface area (Å²) < 4.78 is 0.635. The number of likely N-dealkylation sites (tertiary alicyclic amines) is 1. The highest BCUT2D eigenvalue weighted by Gasteiger charge is 2.29. The fourth-order valence-electron chi connectivity index (χ4n) is 2.32. The Balaban J connectivity index is 2.23. The van der Waals surface area contributed by atoms with Crippen molar-refractivity contribution >= 4 is 21.8 Å². The highest BCUT2D eigenvalue weighted by molar-refractivity contribution is 9.10. The zero-order valence-corrected chi connectivity index (χ0v) is 11.8. The smallest absolute Gasteiger partial charge is 0.256 e. The highest BCUT2D eigenvalue weighted by Crippen LogP contribution is 2.25. The van der Waals surface area contributed by atoms with Gasteiger partial charge >= 0.3 is 0 Å². The molecule has 4 heteroatoms. The average molecular weight is 297 g/mol. The van der Waals surface area contributed by atoms with E-state index in [0.29, 0.717) is 22.1 Å². The Bertz CT molecular complexity index is 422. The van der Waals surface area contributed by atoms with Gasteiger partial charge in [0.2, 0.25) is 0 Å². The van der Waals surface area contributed by atoms with Crippen LogP contribution in [-0.2, 0) is 0 Å². The fraction of sp³-hybridized carbons (Fsp3) is 0.538. The lowest BCUT2D eigenvalue weighted by atomic mass is 9.91. The maximum Gasteiger partial charge on any atom is 0.256 e. The molecule has 2 heterocycles. The number of pyridine rings is 1. The van der Waals surface area contributed by atoms with E-state index in [9.17, 15) is 4.79 Å². The molecule has 17 heavy (non-hydrogen) atoms. The average Bonchev–Trinajstić information content (AvgIpc) is 2.32. The van der Waals surface area contributed by atoms with Crippen LogP contribution in [0.1, 0.15) is 37.0 Å². The van der Waals surface area contributed by atoms with Gasteiger partial charge in [0.1, 0.15) is 4.60 Å². The van der Waals surface area contributed by atoms with E-state index in [-0.39, 0.29) is 5.91 Å². The zero-order valence-electron chi connectivity index (χ0n) is 10.2. The molecular weight excluding hydrogens is 280 g/mol. The van der Waals surface area contributed by atoms with Crippen molar-refractivity contribution in [1.29, 1.82) is 0 Å². The van der Waals surface area contributed by atoms with Gasteiger partial charge in [0.25, 0.3) is 5.91 Å². The normalized spacial score (nSPS) is 24.8. The molecule has 0 spiro atoms. The number of hydrogen-bond acceptors (Lipinski definition) is 2. The Hall–Kier alpha value is -0.900. The molecule has 1 aromatic heterocycles. The van der Waals surface area contributed by atoms with Crippen LogP contribution in [0.25, 0.3) is 0 Å². The number of carbonyl (C=O) groups is 1. The summed E-state index contributed by atoms with van der Waals surface area (Å²) in [7, 11) is 0. The Labute approximate surface area is 110 Å². The molecule has 1 aromatic rings. The second-order valence-electron chi connectivity index (χ2n) is 4.70. The van der Waals surface area contributed by atoms with Crippen LogP contribution in [0.4, 0.5) is 0 Å². The lowest BCUT2D eigenvalue weighted by Crippen LogP contribution is -2.46. The van der Waals surface area contributed by atoms with Crippen molar-refractivity contribution in [1.82, 2.24) is 9.88 Å². The molecule has 2 atom stereocenters. The molecule has 1 aliphatic heterocycles. The molecule has 2 rings (SSSR count). The molecule has 0 radical (unpaired) electrons. The van der Waals surface area contributed by atoms with Gasteiger partial charge in [-0.1, -0.05) is 6.92 Å². The number of nitrogens with zero attached hydrogens (tertiary/aromatic N) is 2. The van der Waals surface area contributed by atoms with Crippen molar-refractivity contribution in [2.75, 3.05) is 6.54 Å². The molecule has 0 aliphatic carbocycles. The van der Waals surface area contributed by atoms with Crippen molar-refractivity contribution in [3.05, 3.63) is 28.5 Å². The minimum absolute atomic E-state index is 0.0871. The first kappa shape index (κ1) is 12.6. The Morgan fingerprint density at radius 1 is 1.53 bits per heavy atom.